The fraction of sp³-hybridized carbons (Fsp3) is 0.115. The van der Waals surface area contributed by atoms with E-state index in [9.17, 15) is 14.4 Å². The molecule has 0 saturated carbocycles. The lowest BCUT2D eigenvalue weighted by atomic mass is 10.1. The van der Waals surface area contributed by atoms with Crippen LogP contribution in [0.3, 0.4) is 0 Å². The van der Waals surface area contributed by atoms with Crippen molar-refractivity contribution in [2.45, 2.75) is 23.5 Å². The summed E-state index contributed by atoms with van der Waals surface area (Å²) in [5.74, 6) is -1.07. The third-order valence-corrected chi connectivity index (χ3v) is 6.08. The lowest BCUT2D eigenvalue weighted by Gasteiger charge is -2.16. The number of para-hydroxylation sites is 1. The molecular weight excluding hydrogens is 434 g/mol. The third kappa shape index (κ3) is 7.08. The number of rotatable bonds is 9. The lowest BCUT2D eigenvalue weighted by molar-refractivity contribution is -0.115. The van der Waals surface area contributed by atoms with Crippen molar-refractivity contribution in [1.82, 2.24) is 0 Å². The fourth-order valence-electron chi connectivity index (χ4n) is 3.07. The quantitative estimate of drug-likeness (QED) is 0.311. The predicted molar refractivity (Wildman–Crippen MR) is 134 cm³/mol. The standard InChI is InChI=1S/C26H25N3O3S/c1-2-23(26(32)29-22-14-7-6-13-21(22)25(27)31)33-20-12-8-11-19(17-20)28-24(30)16-15-18-9-4-3-5-10-18/h3-17,23H,2H2,1H3,(H2,27,31)(H,28,30)(H,29,32)/b16-15+. The van der Waals surface area contributed by atoms with Crippen LogP contribution in [0.4, 0.5) is 11.4 Å². The molecule has 4 N–H and O–H groups in total. The summed E-state index contributed by atoms with van der Waals surface area (Å²) in [7, 11) is 0. The molecule has 6 nitrogen and oxygen atoms in total. The summed E-state index contributed by atoms with van der Waals surface area (Å²) in [4.78, 5) is 37.6. The first-order valence-corrected chi connectivity index (χ1v) is 11.3. The van der Waals surface area contributed by atoms with E-state index in [1.54, 1.807) is 36.4 Å². The highest BCUT2D eigenvalue weighted by Crippen LogP contribution is 2.29. The van der Waals surface area contributed by atoms with Crippen LogP contribution in [0.5, 0.6) is 0 Å². The molecule has 3 aromatic rings. The summed E-state index contributed by atoms with van der Waals surface area (Å²) >= 11 is 1.38. The number of anilines is 2. The van der Waals surface area contributed by atoms with E-state index in [0.29, 0.717) is 17.8 Å². The van der Waals surface area contributed by atoms with Crippen molar-refractivity contribution in [3.05, 3.63) is 96.1 Å². The Morgan fingerprint density at radius 3 is 2.39 bits per heavy atom. The van der Waals surface area contributed by atoms with Crippen LogP contribution in [0.15, 0.2) is 89.8 Å². The highest BCUT2D eigenvalue weighted by molar-refractivity contribution is 8.00. The third-order valence-electron chi connectivity index (χ3n) is 4.72. The van der Waals surface area contributed by atoms with Crippen LogP contribution >= 0.6 is 11.8 Å². The van der Waals surface area contributed by atoms with Crippen molar-refractivity contribution in [3.63, 3.8) is 0 Å². The van der Waals surface area contributed by atoms with Crippen LogP contribution < -0.4 is 16.4 Å². The molecule has 0 spiro atoms. The monoisotopic (exact) mass is 459 g/mol. The average molecular weight is 460 g/mol. The molecule has 0 saturated heterocycles. The molecule has 168 valence electrons. The van der Waals surface area contributed by atoms with E-state index in [1.807, 2.05) is 55.5 Å². The van der Waals surface area contributed by atoms with Crippen LogP contribution in [0.2, 0.25) is 0 Å². The topological polar surface area (TPSA) is 101 Å². The van der Waals surface area contributed by atoms with Gasteiger partial charge in [-0.15, -0.1) is 11.8 Å². The summed E-state index contributed by atoms with van der Waals surface area (Å²) in [6, 6.07) is 23.5. The normalized spacial score (nSPS) is 11.7. The molecule has 0 aromatic heterocycles. The van der Waals surface area contributed by atoms with Gasteiger partial charge in [0, 0.05) is 16.7 Å². The van der Waals surface area contributed by atoms with E-state index in [1.165, 1.54) is 17.8 Å². The number of hydrogen-bond donors (Lipinski definition) is 3. The molecule has 0 heterocycles. The van der Waals surface area contributed by atoms with Gasteiger partial charge in [-0.2, -0.15) is 0 Å². The maximum absolute atomic E-state index is 12.8. The lowest BCUT2D eigenvalue weighted by Crippen LogP contribution is -2.26. The molecule has 3 aromatic carbocycles. The van der Waals surface area contributed by atoms with Crippen LogP contribution in [0, 0.1) is 0 Å². The summed E-state index contributed by atoms with van der Waals surface area (Å²) in [5.41, 5.74) is 7.62. The van der Waals surface area contributed by atoms with Gasteiger partial charge < -0.3 is 16.4 Å². The zero-order valence-corrected chi connectivity index (χ0v) is 19.0. The number of amides is 3. The molecule has 7 heteroatoms. The molecule has 0 aliphatic carbocycles. The molecule has 1 atom stereocenters. The van der Waals surface area contributed by atoms with Crippen molar-refractivity contribution in [3.8, 4) is 0 Å². The number of hydrogen-bond acceptors (Lipinski definition) is 4. The fourth-order valence-corrected chi connectivity index (χ4v) is 4.09. The molecule has 1 unspecified atom stereocenters. The van der Waals surface area contributed by atoms with Gasteiger partial charge in [0.15, 0.2) is 0 Å². The smallest absolute Gasteiger partial charge is 0.250 e. The van der Waals surface area contributed by atoms with Gasteiger partial charge >= 0.3 is 0 Å². The molecule has 0 bridgehead atoms. The van der Waals surface area contributed by atoms with Crippen LogP contribution in [0.1, 0.15) is 29.3 Å². The van der Waals surface area contributed by atoms with Gasteiger partial charge in [0.05, 0.1) is 16.5 Å². The number of nitrogens with two attached hydrogens (primary N) is 1. The minimum absolute atomic E-state index is 0.226. The van der Waals surface area contributed by atoms with Gasteiger partial charge in [-0.05, 0) is 48.4 Å². The summed E-state index contributed by atoms with van der Waals surface area (Å²) in [6.45, 7) is 1.91. The van der Waals surface area contributed by atoms with Gasteiger partial charge in [-0.25, -0.2) is 0 Å². The predicted octanol–water partition coefficient (Wildman–Crippen LogP) is 4.95. The Bertz CT molecular complexity index is 1160. The Labute approximate surface area is 197 Å². The van der Waals surface area contributed by atoms with E-state index in [0.717, 1.165) is 10.5 Å². The molecule has 3 amide bonds. The first-order chi connectivity index (χ1) is 16.0. The number of primary amides is 1. The molecule has 3 rings (SSSR count). The van der Waals surface area contributed by atoms with Crippen molar-refractivity contribution in [2.75, 3.05) is 10.6 Å². The first kappa shape index (κ1) is 23.8. The summed E-state index contributed by atoms with van der Waals surface area (Å²) in [6.07, 6.45) is 3.80. The Morgan fingerprint density at radius 1 is 0.939 bits per heavy atom. The number of carbonyl (C=O) groups is 3. The van der Waals surface area contributed by atoms with E-state index in [-0.39, 0.29) is 17.4 Å². The number of nitrogens with one attached hydrogen (secondary N) is 2. The van der Waals surface area contributed by atoms with Crippen molar-refractivity contribution < 1.29 is 14.4 Å². The Morgan fingerprint density at radius 2 is 1.67 bits per heavy atom. The Kier molecular flexibility index (Phi) is 8.43. The summed E-state index contributed by atoms with van der Waals surface area (Å²) < 4.78 is 0. The highest BCUT2D eigenvalue weighted by atomic mass is 32.2. The largest absolute Gasteiger partial charge is 0.366 e. The van der Waals surface area contributed by atoms with E-state index < -0.39 is 11.2 Å². The molecule has 0 aliphatic heterocycles. The molecule has 0 aliphatic rings. The zero-order valence-electron chi connectivity index (χ0n) is 18.2. The van der Waals surface area contributed by atoms with Crippen LogP contribution in [-0.4, -0.2) is 23.0 Å². The molecule has 33 heavy (non-hydrogen) atoms. The van der Waals surface area contributed by atoms with Gasteiger partial charge in [0.25, 0.3) is 5.91 Å². The minimum Gasteiger partial charge on any atom is -0.366 e. The van der Waals surface area contributed by atoms with Crippen molar-refractivity contribution in [2.24, 2.45) is 5.73 Å². The Hall–Kier alpha value is -3.84. The maximum atomic E-state index is 12.8. The first-order valence-electron chi connectivity index (χ1n) is 10.5. The van der Waals surface area contributed by atoms with Crippen molar-refractivity contribution >= 4 is 46.9 Å². The van der Waals surface area contributed by atoms with E-state index in [2.05, 4.69) is 10.6 Å². The molecular formula is C26H25N3O3S. The second-order valence-electron chi connectivity index (χ2n) is 7.17. The number of thioether (sulfide) groups is 1. The van der Waals surface area contributed by atoms with Gasteiger partial charge in [-0.1, -0.05) is 55.5 Å². The minimum atomic E-state index is -0.601. The Balaban J connectivity index is 1.64. The average Bonchev–Trinajstić information content (AvgIpc) is 2.82. The maximum Gasteiger partial charge on any atom is 0.250 e. The van der Waals surface area contributed by atoms with Crippen LogP contribution in [0.25, 0.3) is 6.08 Å². The van der Waals surface area contributed by atoms with Crippen molar-refractivity contribution in [1.29, 1.82) is 0 Å². The SMILES string of the molecule is CCC(Sc1cccc(NC(=O)/C=C/c2ccccc2)c1)C(=O)Nc1ccccc1C(N)=O. The summed E-state index contributed by atoms with van der Waals surface area (Å²) in [5, 5.41) is 5.25. The number of carbonyl (C=O) groups excluding carboxylic acids is 3. The van der Waals surface area contributed by atoms with E-state index in [4.69, 9.17) is 5.73 Å². The van der Waals surface area contributed by atoms with Gasteiger partial charge in [0.1, 0.15) is 0 Å². The second kappa shape index (κ2) is 11.7. The van der Waals surface area contributed by atoms with E-state index >= 15 is 0 Å². The van der Waals surface area contributed by atoms with Gasteiger partial charge in [-0.3, -0.25) is 14.4 Å². The highest BCUT2D eigenvalue weighted by Gasteiger charge is 2.20. The zero-order chi connectivity index (χ0) is 23.6. The van der Waals surface area contributed by atoms with Gasteiger partial charge in [0.2, 0.25) is 11.8 Å². The molecule has 0 radical (unpaired) electrons. The second-order valence-corrected chi connectivity index (χ2v) is 8.45. The number of benzene rings is 3. The molecule has 0 fully saturated rings. The van der Waals surface area contributed by atoms with Crippen LogP contribution in [-0.2, 0) is 9.59 Å².